The Balaban J connectivity index is 1.88. The van der Waals surface area contributed by atoms with Gasteiger partial charge < -0.3 is 24.6 Å². The molecule has 0 spiro atoms. The van der Waals surface area contributed by atoms with Gasteiger partial charge in [-0.3, -0.25) is 4.79 Å². The van der Waals surface area contributed by atoms with Crippen LogP contribution in [-0.4, -0.2) is 66.7 Å². The van der Waals surface area contributed by atoms with Crippen molar-refractivity contribution in [2.24, 2.45) is 0 Å². The Labute approximate surface area is 166 Å². The van der Waals surface area contributed by atoms with Gasteiger partial charge in [0.15, 0.2) is 0 Å². The number of rotatable bonds is 5. The molecule has 0 aliphatic carbocycles. The number of piperazine rings is 1. The first-order valence-corrected chi connectivity index (χ1v) is 9.40. The quantitative estimate of drug-likeness (QED) is 0.833. The van der Waals surface area contributed by atoms with Crippen molar-refractivity contribution >= 4 is 17.7 Å². The second kappa shape index (κ2) is 9.31. The van der Waals surface area contributed by atoms with Gasteiger partial charge in [-0.2, -0.15) is 5.26 Å². The summed E-state index contributed by atoms with van der Waals surface area (Å²) in [6, 6.07) is 7.14. The Bertz CT molecular complexity index is 744. The molecule has 1 aromatic rings. The second-order valence-electron chi connectivity index (χ2n) is 7.46. The fourth-order valence-corrected chi connectivity index (χ4v) is 2.77. The van der Waals surface area contributed by atoms with E-state index in [1.807, 2.05) is 27.7 Å². The number of hydrogen-bond acceptors (Lipinski definition) is 6. The average Bonchev–Trinajstić information content (AvgIpc) is 2.66. The summed E-state index contributed by atoms with van der Waals surface area (Å²) < 4.78 is 10.9. The first-order chi connectivity index (χ1) is 13.2. The van der Waals surface area contributed by atoms with Gasteiger partial charge in [0.2, 0.25) is 5.91 Å². The fourth-order valence-electron chi connectivity index (χ4n) is 2.77. The van der Waals surface area contributed by atoms with Crippen LogP contribution in [0.4, 0.5) is 10.5 Å². The van der Waals surface area contributed by atoms with Crippen LogP contribution in [0.1, 0.15) is 33.3 Å². The molecule has 0 bridgehead atoms. The molecule has 28 heavy (non-hydrogen) atoms. The maximum atomic E-state index is 12.5. The van der Waals surface area contributed by atoms with Gasteiger partial charge in [0, 0.05) is 26.2 Å². The van der Waals surface area contributed by atoms with Gasteiger partial charge in [0.1, 0.15) is 11.4 Å². The van der Waals surface area contributed by atoms with Gasteiger partial charge in [0.05, 0.1) is 30.5 Å². The number of ether oxygens (including phenoxy) is 2. The highest BCUT2D eigenvalue weighted by Gasteiger charge is 2.27. The number of amides is 2. The van der Waals surface area contributed by atoms with Gasteiger partial charge in [-0.05, 0) is 45.9 Å². The number of carbonyl (C=O) groups excluding carboxylic acids is 2. The summed E-state index contributed by atoms with van der Waals surface area (Å²) in [5.41, 5.74) is 0.565. The molecule has 8 heteroatoms. The average molecular weight is 388 g/mol. The van der Waals surface area contributed by atoms with E-state index >= 15 is 0 Å². The van der Waals surface area contributed by atoms with Crippen LogP contribution in [0.15, 0.2) is 18.2 Å². The standard InChI is InChI=1S/C20H28N4O4/c1-5-27-17-7-6-15(13-21)12-16(17)22-14-18(25)23-8-10-24(11-9-23)19(26)28-20(2,3)4/h6-7,12,22H,5,8-11,14H2,1-4H3. The number of nitrogens with zero attached hydrogens (tertiary/aromatic N) is 3. The molecule has 1 fully saturated rings. The molecule has 1 N–H and O–H groups in total. The number of nitrogens with one attached hydrogen (secondary N) is 1. The molecule has 2 rings (SSSR count). The van der Waals surface area contributed by atoms with Crippen LogP contribution in [0.2, 0.25) is 0 Å². The molecule has 8 nitrogen and oxygen atoms in total. The topological polar surface area (TPSA) is 94.9 Å². The van der Waals surface area contributed by atoms with Crippen molar-refractivity contribution in [1.29, 1.82) is 5.26 Å². The SMILES string of the molecule is CCOc1ccc(C#N)cc1NCC(=O)N1CCN(C(=O)OC(C)(C)C)CC1. The zero-order valence-corrected chi connectivity index (χ0v) is 16.9. The molecule has 1 aliphatic rings. The molecule has 2 amide bonds. The predicted molar refractivity (Wildman–Crippen MR) is 105 cm³/mol. The van der Waals surface area contributed by atoms with Crippen molar-refractivity contribution in [3.05, 3.63) is 23.8 Å². The van der Waals surface area contributed by atoms with Crippen LogP contribution in [0, 0.1) is 11.3 Å². The maximum Gasteiger partial charge on any atom is 0.410 e. The Morgan fingerprint density at radius 2 is 1.82 bits per heavy atom. The van der Waals surface area contributed by atoms with E-state index in [0.717, 1.165) is 0 Å². The number of hydrogen-bond donors (Lipinski definition) is 1. The summed E-state index contributed by atoms with van der Waals surface area (Å²) in [5, 5.41) is 12.1. The third-order valence-corrected chi connectivity index (χ3v) is 4.12. The van der Waals surface area contributed by atoms with Crippen LogP contribution < -0.4 is 10.1 Å². The number of nitriles is 1. The lowest BCUT2D eigenvalue weighted by molar-refractivity contribution is -0.131. The van der Waals surface area contributed by atoms with Crippen molar-refractivity contribution < 1.29 is 19.1 Å². The van der Waals surface area contributed by atoms with Gasteiger partial charge in [0.25, 0.3) is 0 Å². The Morgan fingerprint density at radius 1 is 1.18 bits per heavy atom. The van der Waals surface area contributed by atoms with Gasteiger partial charge in [-0.15, -0.1) is 0 Å². The predicted octanol–water partition coefficient (Wildman–Crippen LogP) is 2.45. The van der Waals surface area contributed by atoms with Crippen molar-refractivity contribution in [2.45, 2.75) is 33.3 Å². The summed E-state index contributed by atoms with van der Waals surface area (Å²) in [6.45, 7) is 9.71. The van der Waals surface area contributed by atoms with Gasteiger partial charge in [-0.1, -0.05) is 0 Å². The van der Waals surface area contributed by atoms with Gasteiger partial charge in [-0.25, -0.2) is 4.79 Å². The first kappa shape index (κ1) is 21.4. The molecule has 1 aliphatic heterocycles. The van der Waals surface area contributed by atoms with Crippen molar-refractivity contribution in [3.63, 3.8) is 0 Å². The molecule has 1 heterocycles. The van der Waals surface area contributed by atoms with E-state index in [-0.39, 0.29) is 18.5 Å². The number of anilines is 1. The summed E-state index contributed by atoms with van der Waals surface area (Å²) in [5.74, 6) is 0.526. The molecule has 0 saturated carbocycles. The lowest BCUT2D eigenvalue weighted by Gasteiger charge is -2.35. The normalized spacial score (nSPS) is 14.2. The monoisotopic (exact) mass is 388 g/mol. The van der Waals surface area contributed by atoms with E-state index < -0.39 is 5.60 Å². The van der Waals surface area contributed by atoms with E-state index in [4.69, 9.17) is 14.7 Å². The Morgan fingerprint density at radius 3 is 2.39 bits per heavy atom. The third-order valence-electron chi connectivity index (χ3n) is 4.12. The number of carbonyl (C=O) groups is 2. The number of benzene rings is 1. The summed E-state index contributed by atoms with van der Waals surface area (Å²) >= 11 is 0. The lowest BCUT2D eigenvalue weighted by atomic mass is 10.2. The van der Waals surface area contributed by atoms with E-state index in [2.05, 4.69) is 11.4 Å². The van der Waals surface area contributed by atoms with Crippen molar-refractivity contribution in [1.82, 2.24) is 9.80 Å². The molecule has 1 aromatic carbocycles. The molecule has 1 saturated heterocycles. The Hall–Kier alpha value is -2.95. The Kier molecular flexibility index (Phi) is 7.10. The van der Waals surface area contributed by atoms with Crippen LogP contribution in [-0.2, 0) is 9.53 Å². The molecule has 0 aromatic heterocycles. The van der Waals surface area contributed by atoms with Crippen LogP contribution in [0.5, 0.6) is 5.75 Å². The molecule has 0 atom stereocenters. The zero-order valence-electron chi connectivity index (χ0n) is 16.9. The van der Waals surface area contributed by atoms with E-state index in [0.29, 0.717) is 49.8 Å². The fraction of sp³-hybridized carbons (Fsp3) is 0.550. The highest BCUT2D eigenvalue weighted by molar-refractivity contribution is 5.82. The summed E-state index contributed by atoms with van der Waals surface area (Å²) in [4.78, 5) is 28.0. The van der Waals surface area contributed by atoms with E-state index in [1.165, 1.54) is 0 Å². The van der Waals surface area contributed by atoms with E-state index in [9.17, 15) is 9.59 Å². The molecular weight excluding hydrogens is 360 g/mol. The van der Waals surface area contributed by atoms with Crippen LogP contribution in [0.25, 0.3) is 0 Å². The van der Waals surface area contributed by atoms with E-state index in [1.54, 1.807) is 28.0 Å². The summed E-state index contributed by atoms with van der Waals surface area (Å²) in [7, 11) is 0. The first-order valence-electron chi connectivity index (χ1n) is 9.40. The molecule has 0 radical (unpaired) electrons. The maximum absolute atomic E-state index is 12.5. The van der Waals surface area contributed by atoms with Crippen molar-refractivity contribution in [2.75, 3.05) is 44.6 Å². The second-order valence-corrected chi connectivity index (χ2v) is 7.46. The van der Waals surface area contributed by atoms with Crippen LogP contribution >= 0.6 is 0 Å². The van der Waals surface area contributed by atoms with Crippen molar-refractivity contribution in [3.8, 4) is 11.8 Å². The largest absolute Gasteiger partial charge is 0.492 e. The highest BCUT2D eigenvalue weighted by Crippen LogP contribution is 2.25. The summed E-state index contributed by atoms with van der Waals surface area (Å²) in [6.07, 6.45) is -0.354. The third kappa shape index (κ3) is 6.05. The molecule has 0 unspecified atom stereocenters. The minimum atomic E-state index is -0.538. The molecule has 152 valence electrons. The van der Waals surface area contributed by atoms with Crippen LogP contribution in [0.3, 0.4) is 0 Å². The smallest absolute Gasteiger partial charge is 0.410 e. The minimum Gasteiger partial charge on any atom is -0.492 e. The minimum absolute atomic E-state index is 0.0753. The molecular formula is C20H28N4O4. The lowest BCUT2D eigenvalue weighted by Crippen LogP contribution is -2.52. The zero-order chi connectivity index (χ0) is 20.7. The highest BCUT2D eigenvalue weighted by atomic mass is 16.6. The van der Waals surface area contributed by atoms with Gasteiger partial charge >= 0.3 is 6.09 Å².